The Labute approximate surface area is 124 Å². The molecular formula is C16H22N2O3. The zero-order chi connectivity index (χ0) is 15.2. The van der Waals surface area contributed by atoms with Crippen LogP contribution >= 0.6 is 0 Å². The van der Waals surface area contributed by atoms with Crippen molar-refractivity contribution in [2.45, 2.75) is 50.1 Å². The van der Waals surface area contributed by atoms with Crippen molar-refractivity contribution in [3.05, 3.63) is 35.9 Å². The molecule has 0 heterocycles. The van der Waals surface area contributed by atoms with E-state index in [0.717, 1.165) is 25.7 Å². The molecule has 1 saturated carbocycles. The molecule has 1 aromatic carbocycles. The summed E-state index contributed by atoms with van der Waals surface area (Å²) in [5, 5.41) is 11.5. The fraction of sp³-hybridized carbons (Fsp3) is 0.500. The number of amides is 1. The van der Waals surface area contributed by atoms with Crippen LogP contribution in [0.15, 0.2) is 30.3 Å². The van der Waals surface area contributed by atoms with E-state index in [9.17, 15) is 9.59 Å². The number of nitrogens with two attached hydrogens (primary N) is 1. The Bertz CT molecular complexity index is 482. The maximum atomic E-state index is 11.8. The van der Waals surface area contributed by atoms with E-state index in [2.05, 4.69) is 17.4 Å². The molecule has 1 unspecified atom stereocenters. The minimum Gasteiger partial charge on any atom is -0.481 e. The highest BCUT2D eigenvalue weighted by Gasteiger charge is 2.25. The number of rotatable bonds is 5. The third-order valence-corrected chi connectivity index (χ3v) is 4.08. The standard InChI is InChI=1S/C16H22N2O3/c17-14(10-15(19)20)16(21)18-13-8-6-12(7-9-13)11-4-2-1-3-5-11/h1-5,12-14H,6-10,17H2,(H,18,21)(H,19,20). The molecule has 1 amide bonds. The number of carboxylic acid groups (broad SMARTS) is 1. The summed E-state index contributed by atoms with van der Waals surface area (Å²) in [5.74, 6) is -0.863. The van der Waals surface area contributed by atoms with Crippen LogP contribution in [0.3, 0.4) is 0 Å². The zero-order valence-electron chi connectivity index (χ0n) is 12.0. The van der Waals surface area contributed by atoms with Gasteiger partial charge in [-0.1, -0.05) is 30.3 Å². The van der Waals surface area contributed by atoms with E-state index in [1.807, 2.05) is 18.2 Å². The van der Waals surface area contributed by atoms with Crippen LogP contribution in [0.4, 0.5) is 0 Å². The molecule has 21 heavy (non-hydrogen) atoms. The van der Waals surface area contributed by atoms with Gasteiger partial charge in [-0.05, 0) is 37.2 Å². The number of carbonyl (C=O) groups excluding carboxylic acids is 1. The first-order valence-electron chi connectivity index (χ1n) is 7.39. The predicted molar refractivity (Wildman–Crippen MR) is 79.8 cm³/mol. The molecule has 0 spiro atoms. The summed E-state index contributed by atoms with van der Waals surface area (Å²) in [6, 6.07) is 9.55. The van der Waals surface area contributed by atoms with Crippen LogP contribution in [0.1, 0.15) is 43.6 Å². The van der Waals surface area contributed by atoms with Crippen LogP contribution in [-0.2, 0) is 9.59 Å². The lowest BCUT2D eigenvalue weighted by atomic mass is 9.81. The molecule has 114 valence electrons. The van der Waals surface area contributed by atoms with Gasteiger partial charge in [-0.25, -0.2) is 0 Å². The minimum absolute atomic E-state index is 0.109. The molecule has 0 aromatic heterocycles. The Kier molecular flexibility index (Phi) is 5.33. The molecule has 0 bridgehead atoms. The number of carboxylic acids is 1. The van der Waals surface area contributed by atoms with E-state index in [0.29, 0.717) is 5.92 Å². The molecule has 5 heteroatoms. The van der Waals surface area contributed by atoms with Gasteiger partial charge in [-0.15, -0.1) is 0 Å². The Balaban J connectivity index is 1.79. The van der Waals surface area contributed by atoms with E-state index in [1.165, 1.54) is 5.56 Å². The van der Waals surface area contributed by atoms with Crippen molar-refractivity contribution in [2.75, 3.05) is 0 Å². The van der Waals surface area contributed by atoms with Crippen molar-refractivity contribution in [3.63, 3.8) is 0 Å². The van der Waals surface area contributed by atoms with Crippen LogP contribution < -0.4 is 11.1 Å². The highest BCUT2D eigenvalue weighted by molar-refractivity contribution is 5.86. The fourth-order valence-corrected chi connectivity index (χ4v) is 2.89. The smallest absolute Gasteiger partial charge is 0.305 e. The van der Waals surface area contributed by atoms with Crippen molar-refractivity contribution < 1.29 is 14.7 Å². The molecule has 0 aliphatic heterocycles. The summed E-state index contributed by atoms with van der Waals surface area (Å²) in [5.41, 5.74) is 6.91. The first kappa shape index (κ1) is 15.5. The topological polar surface area (TPSA) is 92.4 Å². The Morgan fingerprint density at radius 2 is 1.81 bits per heavy atom. The SMILES string of the molecule is NC(CC(=O)O)C(=O)NC1CCC(c2ccccc2)CC1. The van der Waals surface area contributed by atoms with E-state index in [-0.39, 0.29) is 18.4 Å². The van der Waals surface area contributed by atoms with Gasteiger partial charge >= 0.3 is 5.97 Å². The maximum Gasteiger partial charge on any atom is 0.305 e. The van der Waals surface area contributed by atoms with Gasteiger partial charge < -0.3 is 16.2 Å². The second-order valence-electron chi connectivity index (χ2n) is 5.67. The monoisotopic (exact) mass is 290 g/mol. The minimum atomic E-state index is -1.05. The molecule has 0 radical (unpaired) electrons. The van der Waals surface area contributed by atoms with Gasteiger partial charge in [0.15, 0.2) is 0 Å². The molecule has 0 saturated heterocycles. The summed E-state index contributed by atoms with van der Waals surface area (Å²) >= 11 is 0. The van der Waals surface area contributed by atoms with Crippen LogP contribution in [0.25, 0.3) is 0 Å². The van der Waals surface area contributed by atoms with Crippen LogP contribution in [0.5, 0.6) is 0 Å². The van der Waals surface area contributed by atoms with Gasteiger partial charge in [0.25, 0.3) is 0 Å². The average molecular weight is 290 g/mol. The van der Waals surface area contributed by atoms with Gasteiger partial charge in [0.1, 0.15) is 0 Å². The molecule has 4 N–H and O–H groups in total. The van der Waals surface area contributed by atoms with Crippen LogP contribution in [0.2, 0.25) is 0 Å². The van der Waals surface area contributed by atoms with Gasteiger partial charge in [0, 0.05) is 6.04 Å². The first-order valence-corrected chi connectivity index (χ1v) is 7.39. The molecular weight excluding hydrogens is 268 g/mol. The summed E-state index contributed by atoms with van der Waals surface area (Å²) < 4.78 is 0. The van der Waals surface area contributed by atoms with Gasteiger partial charge in [-0.3, -0.25) is 9.59 Å². The lowest BCUT2D eigenvalue weighted by Gasteiger charge is -2.30. The van der Waals surface area contributed by atoms with Crippen molar-refractivity contribution in [1.29, 1.82) is 0 Å². The summed E-state index contributed by atoms with van der Waals surface area (Å²) in [4.78, 5) is 22.3. The number of benzene rings is 1. The average Bonchev–Trinajstić information content (AvgIpc) is 2.48. The third-order valence-electron chi connectivity index (χ3n) is 4.08. The molecule has 1 aliphatic rings. The first-order chi connectivity index (χ1) is 10.1. The zero-order valence-corrected chi connectivity index (χ0v) is 12.0. The Morgan fingerprint density at radius 1 is 1.19 bits per heavy atom. The summed E-state index contributed by atoms with van der Waals surface area (Å²) in [6.45, 7) is 0. The van der Waals surface area contributed by atoms with Crippen LogP contribution in [0, 0.1) is 0 Å². The lowest BCUT2D eigenvalue weighted by Crippen LogP contribution is -2.47. The van der Waals surface area contributed by atoms with Crippen molar-refractivity contribution >= 4 is 11.9 Å². The van der Waals surface area contributed by atoms with E-state index < -0.39 is 12.0 Å². The largest absolute Gasteiger partial charge is 0.481 e. The quantitative estimate of drug-likeness (QED) is 0.768. The van der Waals surface area contributed by atoms with Crippen LogP contribution in [-0.4, -0.2) is 29.1 Å². The fourth-order valence-electron chi connectivity index (χ4n) is 2.89. The second-order valence-corrected chi connectivity index (χ2v) is 5.67. The van der Waals surface area contributed by atoms with Crippen molar-refractivity contribution in [3.8, 4) is 0 Å². The summed E-state index contributed by atoms with van der Waals surface area (Å²) in [7, 11) is 0. The normalized spacial score (nSPS) is 23.3. The summed E-state index contributed by atoms with van der Waals surface area (Å²) in [6.07, 6.45) is 3.55. The molecule has 1 aliphatic carbocycles. The molecule has 1 fully saturated rings. The number of aliphatic carboxylic acids is 1. The Morgan fingerprint density at radius 3 is 2.38 bits per heavy atom. The number of carbonyl (C=O) groups is 2. The molecule has 2 rings (SSSR count). The predicted octanol–water partition coefficient (Wildman–Crippen LogP) is 1.63. The maximum absolute atomic E-state index is 11.8. The number of hydrogen-bond donors (Lipinski definition) is 3. The molecule has 1 atom stereocenters. The second kappa shape index (κ2) is 7.22. The molecule has 5 nitrogen and oxygen atoms in total. The van der Waals surface area contributed by atoms with E-state index in [1.54, 1.807) is 0 Å². The van der Waals surface area contributed by atoms with Crippen molar-refractivity contribution in [2.24, 2.45) is 5.73 Å². The van der Waals surface area contributed by atoms with E-state index in [4.69, 9.17) is 10.8 Å². The highest BCUT2D eigenvalue weighted by Crippen LogP contribution is 2.32. The third kappa shape index (κ3) is 4.56. The Hall–Kier alpha value is -1.88. The van der Waals surface area contributed by atoms with Gasteiger partial charge in [-0.2, -0.15) is 0 Å². The van der Waals surface area contributed by atoms with Gasteiger partial charge in [0.05, 0.1) is 12.5 Å². The number of hydrogen-bond acceptors (Lipinski definition) is 3. The highest BCUT2D eigenvalue weighted by atomic mass is 16.4. The van der Waals surface area contributed by atoms with E-state index >= 15 is 0 Å². The number of nitrogens with one attached hydrogen (secondary N) is 1. The lowest BCUT2D eigenvalue weighted by molar-refractivity contribution is -0.139. The van der Waals surface area contributed by atoms with Crippen molar-refractivity contribution in [1.82, 2.24) is 5.32 Å². The van der Waals surface area contributed by atoms with Gasteiger partial charge in [0.2, 0.25) is 5.91 Å². The molecule has 1 aromatic rings.